The molecule has 2 aromatic rings. The van der Waals surface area contributed by atoms with Crippen molar-refractivity contribution in [3.63, 3.8) is 0 Å². The second kappa shape index (κ2) is 9.35. The Morgan fingerprint density at radius 2 is 1.84 bits per heavy atom. The van der Waals surface area contributed by atoms with Crippen molar-refractivity contribution >= 4 is 40.9 Å². The van der Waals surface area contributed by atoms with Crippen LogP contribution >= 0.6 is 23.2 Å². The molecule has 0 bridgehead atoms. The van der Waals surface area contributed by atoms with Crippen LogP contribution in [-0.2, 0) is 4.79 Å². The molecule has 1 amide bonds. The zero-order valence-electron chi connectivity index (χ0n) is 14.0. The summed E-state index contributed by atoms with van der Waals surface area (Å²) in [5.41, 5.74) is 1.35. The molecule has 0 aliphatic rings. The molecule has 0 unspecified atom stereocenters. The minimum Gasteiger partial charge on any atom is -0.493 e. The second-order valence-electron chi connectivity index (χ2n) is 5.24. The normalized spacial score (nSPS) is 10.7. The lowest BCUT2D eigenvalue weighted by Gasteiger charge is -2.10. The van der Waals surface area contributed by atoms with Crippen molar-refractivity contribution in [3.8, 4) is 11.5 Å². The molecule has 2 aromatic carbocycles. The molecule has 0 aliphatic heterocycles. The van der Waals surface area contributed by atoms with Gasteiger partial charge in [-0.15, -0.1) is 0 Å². The summed E-state index contributed by atoms with van der Waals surface area (Å²) in [5.74, 6) is 1.01. The Balaban J connectivity index is 2.06. The molecule has 1 N–H and O–H groups in total. The van der Waals surface area contributed by atoms with E-state index in [2.05, 4.69) is 5.32 Å². The first-order chi connectivity index (χ1) is 12.0. The first kappa shape index (κ1) is 19.2. The monoisotopic (exact) mass is 379 g/mol. The molecule has 132 valence electrons. The maximum atomic E-state index is 12.0. The SMILES string of the molecule is CCCOc1ccc(C=CC(=O)Nc2cc(Cl)cc(Cl)c2)cc1OC. The Labute approximate surface area is 157 Å². The van der Waals surface area contributed by atoms with Gasteiger partial charge in [0, 0.05) is 21.8 Å². The molecule has 0 saturated heterocycles. The van der Waals surface area contributed by atoms with E-state index in [0.29, 0.717) is 33.8 Å². The molecule has 0 saturated carbocycles. The van der Waals surface area contributed by atoms with Gasteiger partial charge in [-0.25, -0.2) is 0 Å². The highest BCUT2D eigenvalue weighted by atomic mass is 35.5. The standard InChI is InChI=1S/C19H19Cl2NO3/c1-3-8-25-17-6-4-13(9-18(17)24-2)5-7-19(23)22-16-11-14(20)10-15(21)12-16/h4-7,9-12H,3,8H2,1-2H3,(H,22,23). The molecule has 0 radical (unpaired) electrons. The molecule has 6 heteroatoms. The van der Waals surface area contributed by atoms with Gasteiger partial charge in [0.25, 0.3) is 0 Å². The minimum absolute atomic E-state index is 0.288. The lowest BCUT2D eigenvalue weighted by atomic mass is 10.2. The number of carbonyl (C=O) groups is 1. The number of hydrogen-bond acceptors (Lipinski definition) is 3. The highest BCUT2D eigenvalue weighted by Crippen LogP contribution is 2.28. The number of ether oxygens (including phenoxy) is 2. The van der Waals surface area contributed by atoms with Gasteiger partial charge in [-0.05, 0) is 48.4 Å². The van der Waals surface area contributed by atoms with Crippen molar-refractivity contribution in [2.24, 2.45) is 0 Å². The average molecular weight is 380 g/mol. The fraction of sp³-hybridized carbons (Fsp3) is 0.211. The van der Waals surface area contributed by atoms with E-state index in [1.807, 2.05) is 25.1 Å². The van der Waals surface area contributed by atoms with Gasteiger partial charge in [-0.3, -0.25) is 4.79 Å². The third kappa shape index (κ3) is 6.00. The number of nitrogens with one attached hydrogen (secondary N) is 1. The zero-order valence-corrected chi connectivity index (χ0v) is 15.5. The summed E-state index contributed by atoms with van der Waals surface area (Å²) in [6.45, 7) is 2.66. The molecule has 2 rings (SSSR count). The maximum Gasteiger partial charge on any atom is 0.248 e. The van der Waals surface area contributed by atoms with Crippen molar-refractivity contribution in [2.75, 3.05) is 19.0 Å². The van der Waals surface area contributed by atoms with Crippen molar-refractivity contribution in [3.05, 3.63) is 58.1 Å². The Kier molecular flexibility index (Phi) is 7.16. The van der Waals surface area contributed by atoms with Crippen LogP contribution in [0.25, 0.3) is 6.08 Å². The quantitative estimate of drug-likeness (QED) is 0.651. The Bertz CT molecular complexity index is 755. The molecular formula is C19H19Cl2NO3. The molecular weight excluding hydrogens is 361 g/mol. The highest BCUT2D eigenvalue weighted by Gasteiger charge is 2.05. The zero-order chi connectivity index (χ0) is 18.2. The summed E-state index contributed by atoms with van der Waals surface area (Å²) in [6, 6.07) is 10.3. The van der Waals surface area contributed by atoms with Gasteiger partial charge in [0.2, 0.25) is 5.91 Å². The molecule has 0 fully saturated rings. The van der Waals surface area contributed by atoms with Crippen LogP contribution in [0.2, 0.25) is 10.0 Å². The Hall–Kier alpha value is -2.17. The van der Waals surface area contributed by atoms with Gasteiger partial charge in [-0.1, -0.05) is 36.2 Å². The summed E-state index contributed by atoms with van der Waals surface area (Å²) in [4.78, 5) is 12.0. The van der Waals surface area contributed by atoms with E-state index in [1.54, 1.807) is 31.4 Å². The molecule has 0 heterocycles. The van der Waals surface area contributed by atoms with Crippen LogP contribution in [-0.4, -0.2) is 19.6 Å². The predicted octanol–water partition coefficient (Wildman–Crippen LogP) is 5.44. The fourth-order valence-corrected chi connectivity index (χ4v) is 2.63. The number of benzene rings is 2. The summed E-state index contributed by atoms with van der Waals surface area (Å²) in [5, 5.41) is 3.63. The molecule has 0 spiro atoms. The van der Waals surface area contributed by atoms with Gasteiger partial charge >= 0.3 is 0 Å². The lowest BCUT2D eigenvalue weighted by molar-refractivity contribution is -0.111. The topological polar surface area (TPSA) is 47.6 Å². The van der Waals surface area contributed by atoms with E-state index in [0.717, 1.165) is 12.0 Å². The van der Waals surface area contributed by atoms with Crippen LogP contribution < -0.4 is 14.8 Å². The predicted molar refractivity (Wildman–Crippen MR) is 103 cm³/mol. The van der Waals surface area contributed by atoms with E-state index < -0.39 is 0 Å². The molecule has 0 aliphatic carbocycles. The van der Waals surface area contributed by atoms with Crippen LogP contribution in [0.5, 0.6) is 11.5 Å². The van der Waals surface area contributed by atoms with Crippen LogP contribution in [0.1, 0.15) is 18.9 Å². The van der Waals surface area contributed by atoms with E-state index in [-0.39, 0.29) is 5.91 Å². The Morgan fingerprint density at radius 1 is 1.12 bits per heavy atom. The van der Waals surface area contributed by atoms with Crippen LogP contribution in [0.3, 0.4) is 0 Å². The summed E-state index contributed by atoms with van der Waals surface area (Å²) < 4.78 is 10.9. The number of hydrogen-bond donors (Lipinski definition) is 1. The van der Waals surface area contributed by atoms with Gasteiger partial charge in [0.1, 0.15) is 0 Å². The summed E-state index contributed by atoms with van der Waals surface area (Å²) in [7, 11) is 1.58. The van der Waals surface area contributed by atoms with Crippen molar-refractivity contribution in [1.82, 2.24) is 0 Å². The average Bonchev–Trinajstić information content (AvgIpc) is 2.57. The van der Waals surface area contributed by atoms with E-state index in [1.165, 1.54) is 6.08 Å². The molecule has 25 heavy (non-hydrogen) atoms. The minimum atomic E-state index is -0.288. The van der Waals surface area contributed by atoms with Crippen LogP contribution in [0.4, 0.5) is 5.69 Å². The smallest absolute Gasteiger partial charge is 0.248 e. The van der Waals surface area contributed by atoms with E-state index >= 15 is 0 Å². The number of rotatable bonds is 7. The third-order valence-electron chi connectivity index (χ3n) is 3.21. The van der Waals surface area contributed by atoms with Gasteiger partial charge in [0.05, 0.1) is 13.7 Å². The van der Waals surface area contributed by atoms with E-state index in [9.17, 15) is 4.79 Å². The number of carbonyl (C=O) groups excluding carboxylic acids is 1. The number of halogens is 2. The number of methoxy groups -OCH3 is 1. The molecule has 4 nitrogen and oxygen atoms in total. The van der Waals surface area contributed by atoms with E-state index in [4.69, 9.17) is 32.7 Å². The first-order valence-electron chi connectivity index (χ1n) is 7.78. The molecule has 0 aromatic heterocycles. The Morgan fingerprint density at radius 3 is 2.48 bits per heavy atom. The van der Waals surface area contributed by atoms with Gasteiger partial charge in [0.15, 0.2) is 11.5 Å². The van der Waals surface area contributed by atoms with Crippen molar-refractivity contribution < 1.29 is 14.3 Å². The van der Waals surface area contributed by atoms with Gasteiger partial charge in [-0.2, -0.15) is 0 Å². The van der Waals surface area contributed by atoms with Crippen LogP contribution in [0, 0.1) is 0 Å². The largest absolute Gasteiger partial charge is 0.493 e. The number of amides is 1. The van der Waals surface area contributed by atoms with Gasteiger partial charge < -0.3 is 14.8 Å². The summed E-state index contributed by atoms with van der Waals surface area (Å²) in [6.07, 6.45) is 4.03. The number of anilines is 1. The molecule has 0 atom stereocenters. The maximum absolute atomic E-state index is 12.0. The lowest BCUT2D eigenvalue weighted by Crippen LogP contribution is -2.07. The summed E-state index contributed by atoms with van der Waals surface area (Å²) >= 11 is 11.8. The van der Waals surface area contributed by atoms with Crippen LogP contribution in [0.15, 0.2) is 42.5 Å². The second-order valence-corrected chi connectivity index (χ2v) is 6.11. The fourth-order valence-electron chi connectivity index (χ4n) is 2.10. The first-order valence-corrected chi connectivity index (χ1v) is 8.53. The van der Waals surface area contributed by atoms with Crippen molar-refractivity contribution in [2.45, 2.75) is 13.3 Å². The highest BCUT2D eigenvalue weighted by molar-refractivity contribution is 6.35. The van der Waals surface area contributed by atoms with Crippen molar-refractivity contribution in [1.29, 1.82) is 0 Å². The third-order valence-corrected chi connectivity index (χ3v) is 3.64.